The van der Waals surface area contributed by atoms with Crippen molar-refractivity contribution >= 4 is 21.6 Å². The van der Waals surface area contributed by atoms with E-state index < -0.39 is 10.0 Å². The molecule has 1 unspecified atom stereocenters. The van der Waals surface area contributed by atoms with Gasteiger partial charge in [-0.05, 0) is 25.2 Å². The van der Waals surface area contributed by atoms with E-state index in [9.17, 15) is 8.42 Å². The summed E-state index contributed by atoms with van der Waals surface area (Å²) >= 11 is 5.60. The number of hydrogen-bond acceptors (Lipinski definition) is 3. The molecule has 1 aliphatic heterocycles. The van der Waals surface area contributed by atoms with Gasteiger partial charge in [0.2, 0.25) is 10.0 Å². The molecule has 4 nitrogen and oxygen atoms in total. The zero-order valence-electron chi connectivity index (χ0n) is 9.62. The van der Waals surface area contributed by atoms with Gasteiger partial charge in [-0.25, -0.2) is 13.1 Å². The molecule has 6 heteroatoms. The van der Waals surface area contributed by atoms with Crippen LogP contribution >= 0.6 is 11.6 Å². The van der Waals surface area contributed by atoms with Crippen LogP contribution in [0.15, 0.2) is 0 Å². The highest BCUT2D eigenvalue weighted by Crippen LogP contribution is 2.15. The maximum Gasteiger partial charge on any atom is 0.214 e. The first kappa shape index (κ1) is 14.2. The zero-order valence-corrected chi connectivity index (χ0v) is 11.2. The lowest BCUT2D eigenvalue weighted by Crippen LogP contribution is -2.39. The molecule has 96 valence electrons. The normalized spacial score (nSPS) is 20.9. The first-order valence-corrected chi connectivity index (χ1v) is 7.76. The minimum absolute atomic E-state index is 0.284. The molecule has 1 saturated heterocycles. The number of hydrogen-bond donors (Lipinski definition) is 1. The van der Waals surface area contributed by atoms with Crippen LogP contribution in [0.2, 0.25) is 0 Å². The molecular weight excluding hydrogens is 250 g/mol. The molecule has 1 fully saturated rings. The molecule has 1 aliphatic rings. The van der Waals surface area contributed by atoms with Gasteiger partial charge in [-0.3, -0.25) is 0 Å². The zero-order chi connectivity index (χ0) is 12.0. The van der Waals surface area contributed by atoms with E-state index in [1.807, 2.05) is 6.92 Å². The van der Waals surface area contributed by atoms with Crippen LogP contribution in [-0.4, -0.2) is 39.3 Å². The Morgan fingerprint density at radius 2 is 2.06 bits per heavy atom. The molecule has 0 saturated carbocycles. The van der Waals surface area contributed by atoms with Crippen LogP contribution in [0.5, 0.6) is 0 Å². The summed E-state index contributed by atoms with van der Waals surface area (Å²) < 4.78 is 31.6. The molecule has 0 aromatic carbocycles. The second kappa shape index (κ2) is 6.79. The minimum atomic E-state index is -3.17. The van der Waals surface area contributed by atoms with E-state index in [1.54, 1.807) is 0 Å². The SMILES string of the molecule is CC(CCCl)CNS(=O)(=O)C1CCOCC1. The fourth-order valence-corrected chi connectivity index (χ4v) is 3.59. The maximum atomic E-state index is 11.9. The lowest BCUT2D eigenvalue weighted by molar-refractivity contribution is 0.0981. The van der Waals surface area contributed by atoms with Crippen molar-refractivity contribution in [1.29, 1.82) is 0 Å². The van der Waals surface area contributed by atoms with Crippen molar-refractivity contribution in [3.8, 4) is 0 Å². The lowest BCUT2D eigenvalue weighted by Gasteiger charge is -2.23. The number of halogens is 1. The average Bonchev–Trinajstić information content (AvgIpc) is 2.28. The number of sulfonamides is 1. The van der Waals surface area contributed by atoms with Gasteiger partial charge in [0.15, 0.2) is 0 Å². The van der Waals surface area contributed by atoms with Crippen molar-refractivity contribution in [3.63, 3.8) is 0 Å². The predicted molar refractivity (Wildman–Crippen MR) is 65.3 cm³/mol. The third-order valence-electron chi connectivity index (χ3n) is 2.84. The first-order valence-electron chi connectivity index (χ1n) is 5.68. The molecule has 16 heavy (non-hydrogen) atoms. The van der Waals surface area contributed by atoms with Gasteiger partial charge in [-0.1, -0.05) is 6.92 Å². The van der Waals surface area contributed by atoms with E-state index in [1.165, 1.54) is 0 Å². The van der Waals surface area contributed by atoms with Gasteiger partial charge in [0, 0.05) is 25.6 Å². The van der Waals surface area contributed by atoms with Crippen LogP contribution in [0.25, 0.3) is 0 Å². The fourth-order valence-electron chi connectivity index (χ4n) is 1.65. The number of rotatable bonds is 6. The highest BCUT2D eigenvalue weighted by atomic mass is 35.5. The number of ether oxygens (including phenoxy) is 1. The van der Waals surface area contributed by atoms with Crippen LogP contribution in [0.3, 0.4) is 0 Å². The molecule has 1 N–H and O–H groups in total. The van der Waals surface area contributed by atoms with Gasteiger partial charge in [0.05, 0.1) is 5.25 Å². The molecule has 0 aliphatic carbocycles. The van der Waals surface area contributed by atoms with E-state index in [0.29, 0.717) is 38.5 Å². The summed E-state index contributed by atoms with van der Waals surface area (Å²) in [5.41, 5.74) is 0. The maximum absolute atomic E-state index is 11.9. The van der Waals surface area contributed by atoms with Crippen molar-refractivity contribution in [2.45, 2.75) is 31.4 Å². The summed E-state index contributed by atoms with van der Waals surface area (Å²) in [5.74, 6) is 0.854. The van der Waals surface area contributed by atoms with Gasteiger partial charge in [-0.2, -0.15) is 0 Å². The van der Waals surface area contributed by atoms with E-state index in [-0.39, 0.29) is 11.2 Å². The van der Waals surface area contributed by atoms with Crippen LogP contribution in [0, 0.1) is 5.92 Å². The van der Waals surface area contributed by atoms with E-state index >= 15 is 0 Å². The van der Waals surface area contributed by atoms with Crippen LogP contribution in [0.4, 0.5) is 0 Å². The van der Waals surface area contributed by atoms with Gasteiger partial charge in [0.25, 0.3) is 0 Å². The molecule has 0 amide bonds. The van der Waals surface area contributed by atoms with Crippen LogP contribution < -0.4 is 4.72 Å². The van der Waals surface area contributed by atoms with E-state index in [0.717, 1.165) is 6.42 Å². The largest absolute Gasteiger partial charge is 0.381 e. The summed E-state index contributed by atoms with van der Waals surface area (Å²) in [6.07, 6.45) is 2.02. The Morgan fingerprint density at radius 3 is 2.62 bits per heavy atom. The Hall–Kier alpha value is 0.160. The van der Waals surface area contributed by atoms with Crippen molar-refractivity contribution < 1.29 is 13.2 Å². The van der Waals surface area contributed by atoms with Gasteiger partial charge < -0.3 is 4.74 Å². The third-order valence-corrected chi connectivity index (χ3v) is 4.98. The molecule has 0 aromatic rings. The Morgan fingerprint density at radius 1 is 1.44 bits per heavy atom. The molecule has 1 rings (SSSR count). The Kier molecular flexibility index (Phi) is 6.03. The Bertz CT molecular complexity index is 288. The predicted octanol–water partition coefficient (Wildman–Crippen LogP) is 1.35. The number of nitrogens with one attached hydrogen (secondary N) is 1. The molecule has 0 aromatic heterocycles. The summed E-state index contributed by atoms with van der Waals surface area (Å²) in [4.78, 5) is 0. The quantitative estimate of drug-likeness (QED) is 0.741. The monoisotopic (exact) mass is 269 g/mol. The summed E-state index contributed by atoms with van der Waals surface area (Å²) in [7, 11) is -3.17. The highest BCUT2D eigenvalue weighted by Gasteiger charge is 2.27. The highest BCUT2D eigenvalue weighted by molar-refractivity contribution is 7.90. The molecular formula is C10H20ClNO3S. The van der Waals surface area contributed by atoms with Crippen LogP contribution in [0.1, 0.15) is 26.2 Å². The topological polar surface area (TPSA) is 55.4 Å². The van der Waals surface area contributed by atoms with E-state index in [4.69, 9.17) is 16.3 Å². The van der Waals surface area contributed by atoms with Crippen molar-refractivity contribution in [2.24, 2.45) is 5.92 Å². The number of alkyl halides is 1. The van der Waals surface area contributed by atoms with Crippen LogP contribution in [-0.2, 0) is 14.8 Å². The smallest absolute Gasteiger partial charge is 0.214 e. The molecule has 0 bridgehead atoms. The van der Waals surface area contributed by atoms with Crippen molar-refractivity contribution in [3.05, 3.63) is 0 Å². The average molecular weight is 270 g/mol. The molecule has 1 atom stereocenters. The second-order valence-electron chi connectivity index (χ2n) is 4.29. The molecule has 1 heterocycles. The van der Waals surface area contributed by atoms with Gasteiger partial charge >= 0.3 is 0 Å². The Balaban J connectivity index is 2.38. The lowest BCUT2D eigenvalue weighted by atomic mass is 10.1. The first-order chi connectivity index (χ1) is 7.56. The summed E-state index contributed by atoms with van der Waals surface area (Å²) in [6, 6.07) is 0. The van der Waals surface area contributed by atoms with E-state index in [2.05, 4.69) is 4.72 Å². The second-order valence-corrected chi connectivity index (χ2v) is 6.71. The van der Waals surface area contributed by atoms with Crippen molar-refractivity contribution in [1.82, 2.24) is 4.72 Å². The van der Waals surface area contributed by atoms with Gasteiger partial charge in [-0.15, -0.1) is 11.6 Å². The molecule has 0 spiro atoms. The van der Waals surface area contributed by atoms with Crippen molar-refractivity contribution in [2.75, 3.05) is 25.6 Å². The fraction of sp³-hybridized carbons (Fsp3) is 1.00. The van der Waals surface area contributed by atoms with Gasteiger partial charge in [0.1, 0.15) is 0 Å². The minimum Gasteiger partial charge on any atom is -0.381 e. The molecule has 0 radical (unpaired) electrons. The Labute approximate surface area is 103 Å². The standard InChI is InChI=1S/C10H20ClNO3S/c1-9(2-5-11)8-12-16(13,14)10-3-6-15-7-4-10/h9-10,12H,2-8H2,1H3. The summed E-state index contributed by atoms with van der Waals surface area (Å²) in [5, 5.41) is -0.288. The third kappa shape index (κ3) is 4.57. The summed E-state index contributed by atoms with van der Waals surface area (Å²) in [6.45, 7) is 3.56.